The third kappa shape index (κ3) is 4.96. The van der Waals surface area contributed by atoms with Gasteiger partial charge in [-0.25, -0.2) is 0 Å². The van der Waals surface area contributed by atoms with Gasteiger partial charge in [0.25, 0.3) is 0 Å². The number of hydrogen-bond donors (Lipinski definition) is 2. The summed E-state index contributed by atoms with van der Waals surface area (Å²) in [5, 5.41) is 13.9. The molecule has 0 radical (unpaired) electrons. The Morgan fingerprint density at radius 1 is 1.16 bits per heavy atom. The Balaban J connectivity index is 1.50. The summed E-state index contributed by atoms with van der Waals surface area (Å²) in [5.74, 6) is 0.769. The molecule has 7 heteroatoms. The van der Waals surface area contributed by atoms with Crippen LogP contribution in [0.25, 0.3) is 0 Å². The standard InChI is InChI=1S/C25H31NO6/c1-4-15(2)17-10-12-19(13-11-17)30-25-21(26-16(3)27)22(28)23-20(31-25)14-29-24(32-23)18-8-6-5-7-9-18/h5-13,15,20-25,28H,4,14H2,1-3H3,(H,26,27)/t15-,20+,21+,22+,23-,24-,25+/m0/s1. The van der Waals surface area contributed by atoms with Crippen molar-refractivity contribution in [2.45, 2.75) is 70.0 Å². The fourth-order valence-electron chi connectivity index (χ4n) is 4.11. The van der Waals surface area contributed by atoms with Crippen molar-refractivity contribution in [3.8, 4) is 5.75 Å². The van der Waals surface area contributed by atoms with Crippen molar-refractivity contribution in [1.82, 2.24) is 5.32 Å². The van der Waals surface area contributed by atoms with Crippen LogP contribution in [-0.4, -0.2) is 48.3 Å². The molecule has 2 aliphatic rings. The molecule has 0 unspecified atom stereocenters. The van der Waals surface area contributed by atoms with Gasteiger partial charge in [-0.1, -0.05) is 56.3 Å². The van der Waals surface area contributed by atoms with Gasteiger partial charge >= 0.3 is 0 Å². The molecule has 0 saturated carbocycles. The molecule has 0 aromatic heterocycles. The van der Waals surface area contributed by atoms with Gasteiger partial charge in [-0.3, -0.25) is 4.79 Å². The molecule has 172 valence electrons. The van der Waals surface area contributed by atoms with Crippen molar-refractivity contribution < 1.29 is 28.8 Å². The molecule has 0 spiro atoms. The Kier molecular flexibility index (Phi) is 7.10. The van der Waals surface area contributed by atoms with E-state index >= 15 is 0 Å². The molecule has 4 rings (SSSR count). The average Bonchev–Trinajstić information content (AvgIpc) is 2.82. The normalized spacial score (nSPS) is 30.8. The van der Waals surface area contributed by atoms with Crippen LogP contribution >= 0.6 is 0 Å². The van der Waals surface area contributed by atoms with Gasteiger partial charge in [-0.2, -0.15) is 0 Å². The summed E-state index contributed by atoms with van der Waals surface area (Å²) in [4.78, 5) is 11.9. The van der Waals surface area contributed by atoms with E-state index in [0.29, 0.717) is 11.7 Å². The van der Waals surface area contributed by atoms with Crippen molar-refractivity contribution in [2.24, 2.45) is 0 Å². The molecule has 2 fully saturated rings. The molecule has 2 N–H and O–H groups in total. The minimum absolute atomic E-state index is 0.237. The lowest BCUT2D eigenvalue weighted by molar-refractivity contribution is -0.333. The van der Waals surface area contributed by atoms with E-state index in [1.165, 1.54) is 12.5 Å². The summed E-state index contributed by atoms with van der Waals surface area (Å²) in [7, 11) is 0. The molecular weight excluding hydrogens is 410 g/mol. The first-order valence-corrected chi connectivity index (χ1v) is 11.2. The van der Waals surface area contributed by atoms with Gasteiger partial charge in [0.05, 0.1) is 6.61 Å². The zero-order valence-electron chi connectivity index (χ0n) is 18.6. The fraction of sp³-hybridized carbons (Fsp3) is 0.480. The molecule has 2 heterocycles. The highest BCUT2D eigenvalue weighted by Gasteiger charge is 2.50. The Labute approximate surface area is 188 Å². The van der Waals surface area contributed by atoms with Crippen LogP contribution in [0.4, 0.5) is 0 Å². The number of amides is 1. The molecule has 0 aliphatic carbocycles. The highest BCUT2D eigenvalue weighted by atomic mass is 16.7. The predicted octanol–water partition coefficient (Wildman–Crippen LogP) is 3.28. The van der Waals surface area contributed by atoms with Crippen LogP contribution in [0.2, 0.25) is 0 Å². The first kappa shape index (κ1) is 22.7. The minimum Gasteiger partial charge on any atom is -0.463 e. The van der Waals surface area contributed by atoms with E-state index < -0.39 is 36.9 Å². The average molecular weight is 442 g/mol. The smallest absolute Gasteiger partial charge is 0.223 e. The van der Waals surface area contributed by atoms with E-state index in [-0.39, 0.29) is 12.5 Å². The maximum Gasteiger partial charge on any atom is 0.223 e. The summed E-state index contributed by atoms with van der Waals surface area (Å²) >= 11 is 0. The fourth-order valence-corrected chi connectivity index (χ4v) is 4.11. The summed E-state index contributed by atoms with van der Waals surface area (Å²) < 4.78 is 24.1. The summed E-state index contributed by atoms with van der Waals surface area (Å²) in [5.41, 5.74) is 2.08. The van der Waals surface area contributed by atoms with Crippen molar-refractivity contribution in [3.63, 3.8) is 0 Å². The van der Waals surface area contributed by atoms with Crippen LogP contribution in [0.15, 0.2) is 54.6 Å². The number of carbonyl (C=O) groups excluding carboxylic acids is 1. The van der Waals surface area contributed by atoms with Crippen LogP contribution in [0.5, 0.6) is 5.75 Å². The number of fused-ring (bicyclic) bond motifs is 1. The highest BCUT2D eigenvalue weighted by Crippen LogP contribution is 2.35. The van der Waals surface area contributed by atoms with E-state index in [9.17, 15) is 9.90 Å². The lowest BCUT2D eigenvalue weighted by atomic mass is 9.95. The van der Waals surface area contributed by atoms with Gasteiger partial charge in [0.2, 0.25) is 12.2 Å². The molecule has 32 heavy (non-hydrogen) atoms. The molecular formula is C25H31NO6. The van der Waals surface area contributed by atoms with E-state index in [1.54, 1.807) is 0 Å². The largest absolute Gasteiger partial charge is 0.463 e. The number of benzene rings is 2. The number of carbonyl (C=O) groups is 1. The molecule has 7 atom stereocenters. The van der Waals surface area contributed by atoms with Crippen LogP contribution in [0.1, 0.15) is 50.5 Å². The number of aliphatic hydroxyl groups excluding tert-OH is 1. The maximum atomic E-state index is 11.9. The Bertz CT molecular complexity index is 889. The van der Waals surface area contributed by atoms with Gasteiger partial charge < -0.3 is 29.4 Å². The second-order valence-electron chi connectivity index (χ2n) is 8.43. The number of nitrogens with one attached hydrogen (secondary N) is 1. The van der Waals surface area contributed by atoms with Crippen LogP contribution in [0, 0.1) is 0 Å². The van der Waals surface area contributed by atoms with Crippen LogP contribution in [-0.2, 0) is 19.0 Å². The maximum absolute atomic E-state index is 11.9. The van der Waals surface area contributed by atoms with E-state index in [2.05, 4.69) is 19.2 Å². The van der Waals surface area contributed by atoms with Gasteiger partial charge in [0.15, 0.2) is 6.29 Å². The second-order valence-corrected chi connectivity index (χ2v) is 8.43. The topological polar surface area (TPSA) is 86.2 Å². The minimum atomic E-state index is -1.03. The van der Waals surface area contributed by atoms with Gasteiger partial charge in [0.1, 0.15) is 30.1 Å². The lowest BCUT2D eigenvalue weighted by Gasteiger charge is -2.47. The van der Waals surface area contributed by atoms with Gasteiger partial charge in [0, 0.05) is 12.5 Å². The zero-order valence-corrected chi connectivity index (χ0v) is 18.6. The van der Waals surface area contributed by atoms with E-state index in [1.807, 2.05) is 54.6 Å². The Hall–Kier alpha value is -2.45. The zero-order chi connectivity index (χ0) is 22.7. The van der Waals surface area contributed by atoms with Crippen LogP contribution < -0.4 is 10.1 Å². The first-order chi connectivity index (χ1) is 15.5. The number of ether oxygens (including phenoxy) is 4. The summed E-state index contributed by atoms with van der Waals surface area (Å²) in [6.45, 7) is 5.96. The van der Waals surface area contributed by atoms with Crippen molar-refractivity contribution >= 4 is 5.91 Å². The van der Waals surface area contributed by atoms with Crippen molar-refractivity contribution in [3.05, 3.63) is 65.7 Å². The SMILES string of the molecule is CC[C@H](C)c1ccc(O[C@@H]2O[C@@H]3CO[C@H](c4ccccc4)O[C@@H]3[C@H](O)[C@H]2NC(C)=O)cc1. The highest BCUT2D eigenvalue weighted by molar-refractivity contribution is 5.73. The second kappa shape index (κ2) is 10.0. The third-order valence-electron chi connectivity index (χ3n) is 6.12. The Morgan fingerprint density at radius 2 is 1.88 bits per heavy atom. The molecule has 2 aromatic rings. The first-order valence-electron chi connectivity index (χ1n) is 11.2. The van der Waals surface area contributed by atoms with Crippen LogP contribution in [0.3, 0.4) is 0 Å². The molecule has 2 aromatic carbocycles. The number of hydrogen-bond acceptors (Lipinski definition) is 6. The third-order valence-corrected chi connectivity index (χ3v) is 6.12. The van der Waals surface area contributed by atoms with Crippen molar-refractivity contribution in [2.75, 3.05) is 6.61 Å². The molecule has 0 bridgehead atoms. The van der Waals surface area contributed by atoms with Gasteiger partial charge in [-0.15, -0.1) is 0 Å². The molecule has 2 saturated heterocycles. The quantitative estimate of drug-likeness (QED) is 0.716. The monoisotopic (exact) mass is 441 g/mol. The molecule has 2 aliphatic heterocycles. The van der Waals surface area contributed by atoms with E-state index in [4.69, 9.17) is 18.9 Å². The molecule has 7 nitrogen and oxygen atoms in total. The predicted molar refractivity (Wildman–Crippen MR) is 118 cm³/mol. The molecule has 1 amide bonds. The Morgan fingerprint density at radius 3 is 2.53 bits per heavy atom. The van der Waals surface area contributed by atoms with Gasteiger partial charge in [-0.05, 0) is 30.0 Å². The summed E-state index contributed by atoms with van der Waals surface area (Å²) in [6, 6.07) is 16.5. The summed E-state index contributed by atoms with van der Waals surface area (Å²) in [6.07, 6.45) is -2.67. The van der Waals surface area contributed by atoms with Crippen molar-refractivity contribution in [1.29, 1.82) is 0 Å². The lowest BCUT2D eigenvalue weighted by Crippen LogP contribution is -2.67. The van der Waals surface area contributed by atoms with E-state index in [0.717, 1.165) is 12.0 Å². The number of aliphatic hydroxyl groups is 1. The number of rotatable bonds is 6.